The van der Waals surface area contributed by atoms with Gasteiger partial charge in [0.1, 0.15) is 0 Å². The quantitative estimate of drug-likeness (QED) is 0.192. The number of rotatable bonds is 11. The van der Waals surface area contributed by atoms with Gasteiger partial charge in [0, 0.05) is 48.3 Å². The zero-order valence-electron chi connectivity index (χ0n) is 24.9. The molecule has 0 aromatic carbocycles. The van der Waals surface area contributed by atoms with Crippen LogP contribution in [0.3, 0.4) is 0 Å². The molecule has 2 amide bonds. The summed E-state index contributed by atoms with van der Waals surface area (Å²) in [7, 11) is 0. The fraction of sp³-hybridized carbons (Fsp3) is 0.111. The van der Waals surface area contributed by atoms with Gasteiger partial charge in [-0.25, -0.2) is 0 Å². The molecule has 6 aromatic rings. The summed E-state index contributed by atoms with van der Waals surface area (Å²) >= 11 is 0. The number of aromatic nitrogens is 6. The lowest BCUT2D eigenvalue weighted by Gasteiger charge is -2.23. The maximum absolute atomic E-state index is 13.9. The van der Waals surface area contributed by atoms with Crippen molar-refractivity contribution in [1.82, 2.24) is 39.7 Å². The second-order valence-electron chi connectivity index (χ2n) is 10.5. The van der Waals surface area contributed by atoms with Gasteiger partial charge in [0.15, 0.2) is 0 Å². The summed E-state index contributed by atoms with van der Waals surface area (Å²) in [6, 6.07) is 29.2. The van der Waals surface area contributed by atoms with Crippen molar-refractivity contribution < 1.29 is 9.59 Å². The van der Waals surface area contributed by atoms with Gasteiger partial charge < -0.3 is 9.80 Å². The minimum Gasteiger partial charge on any atom is -0.327 e. The fourth-order valence-electron chi connectivity index (χ4n) is 4.92. The van der Waals surface area contributed by atoms with Crippen LogP contribution in [0.4, 0.5) is 0 Å². The molecule has 0 radical (unpaired) electrons. The Hall–Kier alpha value is -6.16. The van der Waals surface area contributed by atoms with Crippen molar-refractivity contribution in [2.45, 2.75) is 26.2 Å². The van der Waals surface area contributed by atoms with E-state index in [2.05, 4.69) is 29.9 Å². The van der Waals surface area contributed by atoms with Crippen molar-refractivity contribution in [2.24, 2.45) is 0 Å². The van der Waals surface area contributed by atoms with E-state index in [1.165, 1.54) is 0 Å². The molecule has 0 unspecified atom stereocenters. The van der Waals surface area contributed by atoms with E-state index in [1.54, 1.807) is 71.2 Å². The van der Waals surface area contributed by atoms with Gasteiger partial charge in [-0.05, 0) is 72.8 Å². The molecule has 0 spiro atoms. The highest BCUT2D eigenvalue weighted by Crippen LogP contribution is 2.21. The van der Waals surface area contributed by atoms with Gasteiger partial charge in [-0.3, -0.25) is 39.5 Å². The van der Waals surface area contributed by atoms with Crippen molar-refractivity contribution in [2.75, 3.05) is 0 Å². The van der Waals surface area contributed by atoms with Crippen molar-refractivity contribution in [3.8, 4) is 11.4 Å². The molecule has 0 N–H and O–H groups in total. The molecule has 0 bridgehead atoms. The van der Waals surface area contributed by atoms with Crippen LogP contribution in [0.25, 0.3) is 11.4 Å². The average molecular weight is 607 g/mol. The van der Waals surface area contributed by atoms with Crippen molar-refractivity contribution in [3.05, 3.63) is 168 Å². The zero-order chi connectivity index (χ0) is 31.6. The molecule has 10 nitrogen and oxygen atoms in total. The third kappa shape index (κ3) is 7.67. The first-order chi connectivity index (χ1) is 22.6. The van der Waals surface area contributed by atoms with E-state index in [4.69, 9.17) is 0 Å². The Morgan fingerprint density at radius 2 is 0.739 bits per heavy atom. The highest BCUT2D eigenvalue weighted by Gasteiger charge is 2.21. The lowest BCUT2D eigenvalue weighted by atomic mass is 10.1. The molecule has 10 heteroatoms. The van der Waals surface area contributed by atoms with E-state index in [1.807, 2.05) is 72.8 Å². The van der Waals surface area contributed by atoms with Crippen molar-refractivity contribution >= 4 is 11.8 Å². The zero-order valence-corrected chi connectivity index (χ0v) is 24.9. The fourth-order valence-corrected chi connectivity index (χ4v) is 4.92. The first-order valence-corrected chi connectivity index (χ1v) is 14.7. The number of hydrogen-bond acceptors (Lipinski definition) is 8. The van der Waals surface area contributed by atoms with Crippen LogP contribution in [0, 0.1) is 0 Å². The van der Waals surface area contributed by atoms with E-state index in [-0.39, 0.29) is 11.8 Å². The number of amides is 2. The molecular weight excluding hydrogens is 576 g/mol. The molecule has 226 valence electrons. The summed E-state index contributed by atoms with van der Waals surface area (Å²) in [4.78, 5) is 57.8. The van der Waals surface area contributed by atoms with Crippen LogP contribution >= 0.6 is 0 Å². The Labute approximate surface area is 266 Å². The number of carbonyl (C=O) groups excluding carboxylic acids is 2. The maximum atomic E-state index is 13.9. The monoisotopic (exact) mass is 606 g/mol. The average Bonchev–Trinajstić information content (AvgIpc) is 3.12. The number of pyridine rings is 6. The molecule has 0 saturated heterocycles. The molecule has 0 aliphatic rings. The molecule has 0 saturated carbocycles. The molecule has 46 heavy (non-hydrogen) atoms. The topological polar surface area (TPSA) is 118 Å². The molecule has 0 atom stereocenters. The Balaban J connectivity index is 1.26. The predicted molar refractivity (Wildman–Crippen MR) is 172 cm³/mol. The third-order valence-corrected chi connectivity index (χ3v) is 7.17. The largest absolute Gasteiger partial charge is 0.327 e. The minimum absolute atomic E-state index is 0.205. The van der Waals surface area contributed by atoms with Gasteiger partial charge >= 0.3 is 0 Å². The van der Waals surface area contributed by atoms with E-state index in [0.717, 1.165) is 22.8 Å². The summed E-state index contributed by atoms with van der Waals surface area (Å²) in [6.07, 6.45) is 9.97. The lowest BCUT2D eigenvalue weighted by molar-refractivity contribution is 0.0718. The highest BCUT2D eigenvalue weighted by atomic mass is 16.2. The first-order valence-electron chi connectivity index (χ1n) is 14.7. The van der Waals surface area contributed by atoms with Gasteiger partial charge in [-0.2, -0.15) is 0 Å². The van der Waals surface area contributed by atoms with Crippen LogP contribution in [-0.4, -0.2) is 51.5 Å². The van der Waals surface area contributed by atoms with Crippen LogP contribution in [0.1, 0.15) is 43.5 Å². The van der Waals surface area contributed by atoms with Crippen LogP contribution in [0.5, 0.6) is 0 Å². The standard InChI is InChI=1S/C36H30N8O2/c45-35(43(23-29-9-1-5-15-37-29)24-30-10-2-6-16-38-30)27-13-19-41-33(21-27)34-22-28(14-20-42-34)36(46)44(25-31-11-3-7-17-39-31)26-32-12-4-8-18-40-32/h1-22H,23-26H2. The number of carbonyl (C=O) groups is 2. The Kier molecular flexibility index (Phi) is 9.45. The highest BCUT2D eigenvalue weighted by molar-refractivity contribution is 5.96. The second kappa shape index (κ2) is 14.5. The molecule has 0 fully saturated rings. The lowest BCUT2D eigenvalue weighted by Crippen LogP contribution is -2.31. The molecule has 0 aliphatic heterocycles. The predicted octanol–water partition coefficient (Wildman–Crippen LogP) is 5.41. The smallest absolute Gasteiger partial charge is 0.254 e. The SMILES string of the molecule is O=C(c1ccnc(-c2cc(C(=O)N(Cc3ccccn3)Cc3ccccn3)ccn2)c1)N(Cc1ccccn1)Cc1ccccn1. The van der Waals surface area contributed by atoms with Gasteiger partial charge in [0.25, 0.3) is 11.8 Å². The van der Waals surface area contributed by atoms with Gasteiger partial charge in [0.2, 0.25) is 0 Å². The van der Waals surface area contributed by atoms with Crippen molar-refractivity contribution in [3.63, 3.8) is 0 Å². The summed E-state index contributed by atoms with van der Waals surface area (Å²) in [6.45, 7) is 1.22. The summed E-state index contributed by atoms with van der Waals surface area (Å²) in [5.74, 6) is -0.409. The molecular formula is C36H30N8O2. The molecule has 6 heterocycles. The van der Waals surface area contributed by atoms with Crippen LogP contribution in [0.15, 0.2) is 134 Å². The summed E-state index contributed by atoms with van der Waals surface area (Å²) in [5.41, 5.74) is 4.84. The van der Waals surface area contributed by atoms with Gasteiger partial charge in [-0.1, -0.05) is 24.3 Å². The second-order valence-corrected chi connectivity index (χ2v) is 10.5. The normalized spacial score (nSPS) is 10.7. The maximum Gasteiger partial charge on any atom is 0.254 e. The first kappa shape index (κ1) is 29.9. The molecule has 0 aliphatic carbocycles. The molecule has 6 rings (SSSR count). The van der Waals surface area contributed by atoms with Crippen LogP contribution < -0.4 is 0 Å². The summed E-state index contributed by atoms with van der Waals surface area (Å²) in [5, 5.41) is 0. The van der Waals surface area contributed by atoms with E-state index in [9.17, 15) is 9.59 Å². The Morgan fingerprint density at radius 3 is 1.02 bits per heavy atom. The van der Waals surface area contributed by atoms with Gasteiger partial charge in [-0.15, -0.1) is 0 Å². The van der Waals surface area contributed by atoms with E-state index in [0.29, 0.717) is 48.7 Å². The van der Waals surface area contributed by atoms with E-state index >= 15 is 0 Å². The van der Waals surface area contributed by atoms with Crippen molar-refractivity contribution in [1.29, 1.82) is 0 Å². The Bertz CT molecular complexity index is 1670. The summed E-state index contributed by atoms with van der Waals surface area (Å²) < 4.78 is 0. The van der Waals surface area contributed by atoms with E-state index < -0.39 is 0 Å². The van der Waals surface area contributed by atoms with Crippen LogP contribution in [-0.2, 0) is 26.2 Å². The van der Waals surface area contributed by atoms with Crippen LogP contribution in [0.2, 0.25) is 0 Å². The Morgan fingerprint density at radius 1 is 0.413 bits per heavy atom. The minimum atomic E-state index is -0.205. The molecule has 6 aromatic heterocycles. The number of hydrogen-bond donors (Lipinski definition) is 0. The van der Waals surface area contributed by atoms with Gasteiger partial charge in [0.05, 0.1) is 60.3 Å². The number of nitrogens with zero attached hydrogens (tertiary/aromatic N) is 8. The third-order valence-electron chi connectivity index (χ3n) is 7.17.